The molecule has 1 aliphatic heterocycles. The minimum atomic E-state index is -5.51. The number of nitrogens with zero attached hydrogens (tertiary/aromatic N) is 1. The van der Waals surface area contributed by atoms with E-state index in [1.807, 2.05) is 0 Å². The Labute approximate surface area is 149 Å². The molecule has 0 amide bonds. The van der Waals surface area contributed by atoms with E-state index in [1.165, 1.54) is 60.7 Å². The van der Waals surface area contributed by atoms with Crippen molar-refractivity contribution in [1.29, 1.82) is 5.26 Å². The number of halogens is 6. The predicted octanol–water partition coefficient (Wildman–Crippen LogP) is 4.88. The van der Waals surface area contributed by atoms with Crippen LogP contribution in [0.5, 0.6) is 0 Å². The molecule has 0 spiro atoms. The van der Waals surface area contributed by atoms with Gasteiger partial charge in [-0.25, -0.2) is 0 Å². The van der Waals surface area contributed by atoms with E-state index in [4.69, 9.17) is 9.05 Å². The number of alkyl halides is 6. The number of hydrogen-bond donors (Lipinski definition) is 0. The molecule has 0 fully saturated rings. The van der Waals surface area contributed by atoms with Gasteiger partial charge < -0.3 is 0 Å². The molecule has 2 aromatic rings. The van der Waals surface area contributed by atoms with Gasteiger partial charge in [-0.05, 0) is 0 Å². The summed E-state index contributed by atoms with van der Waals surface area (Å²) in [5.41, 5.74) is 0. The molecule has 10 heteroatoms. The summed E-state index contributed by atoms with van der Waals surface area (Å²) in [5, 5.41) is 9.52. The maximum absolute atomic E-state index is 13.4. The molecule has 0 N–H and O–H groups in total. The number of hydrogen-bond acceptors (Lipinski definition) is 3. The van der Waals surface area contributed by atoms with Crippen molar-refractivity contribution in [3.63, 3.8) is 0 Å². The molecule has 3 rings (SSSR count). The van der Waals surface area contributed by atoms with Gasteiger partial charge in [-0.2, -0.15) is 0 Å². The molecule has 3 nitrogen and oxygen atoms in total. The zero-order valence-corrected chi connectivity index (χ0v) is 14.1. The van der Waals surface area contributed by atoms with Crippen LogP contribution in [-0.4, -0.2) is 12.4 Å². The molecule has 0 aliphatic carbocycles. The first-order valence-electron chi connectivity index (χ1n) is 7.37. The van der Waals surface area contributed by atoms with Gasteiger partial charge in [0.05, 0.1) is 0 Å². The third kappa shape index (κ3) is 2.81. The summed E-state index contributed by atoms with van der Waals surface area (Å²) >= 11 is 0. The van der Waals surface area contributed by atoms with Gasteiger partial charge >= 0.3 is 149 Å². The van der Waals surface area contributed by atoms with Gasteiger partial charge in [0.25, 0.3) is 0 Å². The number of benzene rings is 2. The van der Waals surface area contributed by atoms with Crippen molar-refractivity contribution in [3.05, 3.63) is 72.2 Å². The summed E-state index contributed by atoms with van der Waals surface area (Å²) in [6.45, 7) is 0. The van der Waals surface area contributed by atoms with Crippen molar-refractivity contribution in [2.24, 2.45) is 0 Å². The average molecular weight is 405 g/mol. The third-order valence-electron chi connectivity index (χ3n) is 3.88. The van der Waals surface area contributed by atoms with Gasteiger partial charge in [-0.3, -0.25) is 0 Å². The first-order chi connectivity index (χ1) is 12.5. The van der Waals surface area contributed by atoms with E-state index >= 15 is 0 Å². The van der Waals surface area contributed by atoms with Crippen LogP contribution in [-0.2, 0) is 9.05 Å². The van der Waals surface area contributed by atoms with E-state index in [0.717, 1.165) is 0 Å². The second-order valence-corrected chi connectivity index (χ2v) is 9.08. The standard InChI is InChI=1S/C17H10F6NO2P/c18-16(19,20)14-15(17(21,22)23)26-27(11-24,25-14,12-7-3-1-4-8-12)13-9-5-2-6-10-13/h1-10H. The van der Waals surface area contributed by atoms with Gasteiger partial charge in [0.15, 0.2) is 0 Å². The van der Waals surface area contributed by atoms with Crippen molar-refractivity contribution in [3.8, 4) is 5.81 Å². The van der Waals surface area contributed by atoms with Gasteiger partial charge in [0, 0.05) is 0 Å². The minimum absolute atomic E-state index is 0.210. The van der Waals surface area contributed by atoms with Gasteiger partial charge in [0.2, 0.25) is 0 Å². The summed E-state index contributed by atoms with van der Waals surface area (Å²) in [5.74, 6) is -3.15. The Morgan fingerprint density at radius 2 is 1.00 bits per heavy atom. The van der Waals surface area contributed by atoms with E-state index in [-0.39, 0.29) is 10.6 Å². The Morgan fingerprint density at radius 1 is 0.667 bits per heavy atom. The van der Waals surface area contributed by atoms with Crippen molar-refractivity contribution < 1.29 is 35.4 Å². The molecule has 1 heterocycles. The van der Waals surface area contributed by atoms with E-state index in [1.54, 1.807) is 5.81 Å². The Balaban J connectivity index is 2.39. The topological polar surface area (TPSA) is 42.2 Å². The van der Waals surface area contributed by atoms with Crippen LogP contribution in [0.4, 0.5) is 26.3 Å². The van der Waals surface area contributed by atoms with E-state index in [2.05, 4.69) is 0 Å². The maximum atomic E-state index is 13.4. The van der Waals surface area contributed by atoms with Crippen molar-refractivity contribution in [2.45, 2.75) is 12.4 Å². The molecule has 0 saturated heterocycles. The van der Waals surface area contributed by atoms with Crippen LogP contribution in [0.3, 0.4) is 0 Å². The van der Waals surface area contributed by atoms with E-state index in [0.29, 0.717) is 0 Å². The molecule has 0 aromatic heterocycles. The fourth-order valence-corrected chi connectivity index (χ4v) is 6.29. The molecule has 0 bridgehead atoms. The summed E-state index contributed by atoms with van der Waals surface area (Å²) < 4.78 is 90.1. The molecule has 1 aliphatic rings. The summed E-state index contributed by atoms with van der Waals surface area (Å²) in [6, 6.07) is 13.3. The van der Waals surface area contributed by atoms with Gasteiger partial charge in [-0.1, -0.05) is 0 Å². The second kappa shape index (κ2) is 5.89. The number of allylic oxidation sites excluding steroid dienone is 2. The quantitative estimate of drug-likeness (QED) is 0.528. The Bertz CT molecular complexity index is 862. The summed E-state index contributed by atoms with van der Waals surface area (Å²) in [7, 11) is -5.47. The summed E-state index contributed by atoms with van der Waals surface area (Å²) in [4.78, 5) is 0. The van der Waals surface area contributed by atoms with Gasteiger partial charge in [-0.15, -0.1) is 0 Å². The average Bonchev–Trinajstić information content (AvgIpc) is 3.03. The molecule has 2 aromatic carbocycles. The number of nitriles is 1. The Kier molecular flexibility index (Phi) is 4.16. The van der Waals surface area contributed by atoms with E-state index < -0.39 is 30.9 Å². The predicted molar refractivity (Wildman–Crippen MR) is 86.0 cm³/mol. The van der Waals surface area contributed by atoms with Crippen LogP contribution in [0.25, 0.3) is 0 Å². The van der Waals surface area contributed by atoms with Crippen LogP contribution in [0.2, 0.25) is 0 Å². The van der Waals surface area contributed by atoms with Crippen molar-refractivity contribution >= 4 is 17.7 Å². The zero-order chi connectivity index (χ0) is 19.9. The molecule has 142 valence electrons. The molecular formula is C17H10F6NO2P. The first-order valence-corrected chi connectivity index (χ1v) is 9.45. The molecule has 0 saturated carbocycles. The fraction of sp³-hybridized carbons (Fsp3) is 0.118. The monoisotopic (exact) mass is 405 g/mol. The van der Waals surface area contributed by atoms with E-state index in [9.17, 15) is 31.6 Å². The molecule has 0 unspecified atom stereocenters. The second-order valence-electron chi connectivity index (χ2n) is 5.57. The van der Waals surface area contributed by atoms with Crippen molar-refractivity contribution in [1.82, 2.24) is 0 Å². The normalized spacial score (nSPS) is 20.0. The first kappa shape index (κ1) is 19.1. The van der Waals surface area contributed by atoms with Gasteiger partial charge in [0.1, 0.15) is 0 Å². The van der Waals surface area contributed by atoms with Crippen LogP contribution >= 0.6 is 7.06 Å². The number of rotatable bonds is 2. The van der Waals surface area contributed by atoms with Crippen LogP contribution in [0.15, 0.2) is 72.2 Å². The van der Waals surface area contributed by atoms with Crippen LogP contribution in [0, 0.1) is 11.1 Å². The molecular weight excluding hydrogens is 395 g/mol. The van der Waals surface area contributed by atoms with Crippen molar-refractivity contribution in [2.75, 3.05) is 0 Å². The zero-order valence-electron chi connectivity index (χ0n) is 13.3. The Hall–Kier alpha value is -2.72. The van der Waals surface area contributed by atoms with Crippen LogP contribution < -0.4 is 10.6 Å². The van der Waals surface area contributed by atoms with Crippen LogP contribution in [0.1, 0.15) is 0 Å². The molecule has 0 atom stereocenters. The Morgan fingerprint density at radius 3 is 1.26 bits per heavy atom. The third-order valence-corrected chi connectivity index (χ3v) is 7.78. The SMILES string of the molecule is N#CP1(c2ccccc2)(c2ccccc2)OC(C(F)(F)F)=C(C(F)(F)F)O1. The summed E-state index contributed by atoms with van der Waals surface area (Å²) in [6.07, 6.45) is -11.0. The fourth-order valence-electron chi connectivity index (χ4n) is 2.72. The molecule has 0 radical (unpaired) electrons. The molecule has 27 heavy (non-hydrogen) atoms.